The van der Waals surface area contributed by atoms with E-state index in [2.05, 4.69) is 0 Å². The number of sulfonamides is 1. The monoisotopic (exact) mass is 324 g/mol. The zero-order valence-electron chi connectivity index (χ0n) is 11.9. The number of halogens is 3. The van der Waals surface area contributed by atoms with Crippen molar-refractivity contribution in [3.8, 4) is 0 Å². The number of rotatable bonds is 6. The topological polar surface area (TPSA) is 63.4 Å². The minimum absolute atomic E-state index is 0.0429. The van der Waals surface area contributed by atoms with Crippen LogP contribution in [0.5, 0.6) is 0 Å². The summed E-state index contributed by atoms with van der Waals surface area (Å²) in [5.74, 6) is 0. The first-order valence-corrected chi connectivity index (χ1v) is 7.95. The van der Waals surface area contributed by atoms with Gasteiger partial charge in [0.2, 0.25) is 10.0 Å². The number of nitrogens with two attached hydrogens (primary N) is 1. The lowest BCUT2D eigenvalue weighted by molar-refractivity contribution is -0.136. The Morgan fingerprint density at radius 2 is 1.90 bits per heavy atom. The van der Waals surface area contributed by atoms with E-state index in [0.717, 1.165) is 5.56 Å². The maximum absolute atomic E-state index is 12.6. The van der Waals surface area contributed by atoms with Gasteiger partial charge in [0.25, 0.3) is 0 Å². The van der Waals surface area contributed by atoms with Crippen LogP contribution in [0, 0.1) is 6.92 Å². The highest BCUT2D eigenvalue weighted by Crippen LogP contribution is 2.27. The molecule has 0 spiro atoms. The zero-order valence-corrected chi connectivity index (χ0v) is 12.8. The van der Waals surface area contributed by atoms with Crippen LogP contribution in [0.3, 0.4) is 0 Å². The third-order valence-corrected chi connectivity index (χ3v) is 4.82. The van der Waals surface area contributed by atoms with Crippen LogP contribution in [0.2, 0.25) is 0 Å². The van der Waals surface area contributed by atoms with E-state index in [9.17, 15) is 21.6 Å². The van der Waals surface area contributed by atoms with Gasteiger partial charge in [-0.3, -0.25) is 0 Å². The Bertz CT molecular complexity index is 586. The normalized spacial score (nSPS) is 12.9. The van der Waals surface area contributed by atoms with E-state index in [1.54, 1.807) is 13.8 Å². The second-order valence-electron chi connectivity index (χ2n) is 4.85. The van der Waals surface area contributed by atoms with Gasteiger partial charge in [0.15, 0.2) is 0 Å². The number of hydrogen-bond donors (Lipinski definition) is 1. The van der Waals surface area contributed by atoms with Gasteiger partial charge in [-0.25, -0.2) is 8.42 Å². The van der Waals surface area contributed by atoms with Gasteiger partial charge in [-0.15, -0.1) is 0 Å². The molecule has 0 unspecified atom stereocenters. The third-order valence-electron chi connectivity index (χ3n) is 2.90. The van der Waals surface area contributed by atoms with Gasteiger partial charge in [0, 0.05) is 6.54 Å². The largest absolute Gasteiger partial charge is 0.402 e. The fourth-order valence-corrected chi connectivity index (χ4v) is 3.42. The molecule has 0 saturated heterocycles. The highest BCUT2D eigenvalue weighted by molar-refractivity contribution is 7.89. The van der Waals surface area contributed by atoms with Crippen LogP contribution < -0.4 is 5.73 Å². The van der Waals surface area contributed by atoms with E-state index in [4.69, 9.17) is 5.73 Å². The van der Waals surface area contributed by atoms with Crippen LogP contribution in [-0.2, 0) is 10.0 Å². The van der Waals surface area contributed by atoms with Crippen molar-refractivity contribution in [1.82, 2.24) is 4.31 Å². The number of alkyl halides is 3. The van der Waals surface area contributed by atoms with E-state index < -0.39 is 22.7 Å². The van der Waals surface area contributed by atoms with Crippen LogP contribution in [0.4, 0.5) is 18.9 Å². The van der Waals surface area contributed by atoms with Gasteiger partial charge in [0.05, 0.1) is 5.69 Å². The molecule has 0 heterocycles. The molecule has 0 aliphatic rings. The number of unbranched alkanes of at least 4 members (excludes halogenated alkanes) is 1. The predicted molar refractivity (Wildman–Crippen MR) is 75.3 cm³/mol. The molecule has 1 aromatic carbocycles. The first-order chi connectivity index (χ1) is 9.58. The highest BCUT2D eigenvalue weighted by Gasteiger charge is 2.37. The zero-order chi connectivity index (χ0) is 16.3. The Balaban J connectivity index is 3.19. The Labute approximate surface area is 122 Å². The number of aryl methyl sites for hydroxylation is 1. The summed E-state index contributed by atoms with van der Waals surface area (Å²) in [6, 6.07) is 4.18. The van der Waals surface area contributed by atoms with Gasteiger partial charge < -0.3 is 5.73 Å². The van der Waals surface area contributed by atoms with Gasteiger partial charge in [-0.05, 0) is 31.0 Å². The quantitative estimate of drug-likeness (QED) is 0.818. The van der Waals surface area contributed by atoms with E-state index >= 15 is 0 Å². The molecule has 0 radical (unpaired) electrons. The first-order valence-electron chi connectivity index (χ1n) is 6.51. The maximum Gasteiger partial charge on any atom is 0.402 e. The summed E-state index contributed by atoms with van der Waals surface area (Å²) in [6.07, 6.45) is -3.66. The lowest BCUT2D eigenvalue weighted by atomic mass is 10.2. The molecule has 4 nitrogen and oxygen atoms in total. The second-order valence-corrected chi connectivity index (χ2v) is 6.75. The van der Waals surface area contributed by atoms with Crippen LogP contribution in [-0.4, -0.2) is 32.0 Å². The summed E-state index contributed by atoms with van der Waals surface area (Å²) in [6.45, 7) is 1.80. The van der Waals surface area contributed by atoms with Crippen LogP contribution in [0.15, 0.2) is 23.1 Å². The number of nitrogens with zero attached hydrogens (tertiary/aromatic N) is 1. The molecule has 0 fully saturated rings. The van der Waals surface area contributed by atoms with Crippen molar-refractivity contribution in [2.24, 2.45) is 0 Å². The van der Waals surface area contributed by atoms with Crippen molar-refractivity contribution < 1.29 is 21.6 Å². The van der Waals surface area contributed by atoms with E-state index in [-0.39, 0.29) is 17.1 Å². The molecule has 1 rings (SSSR count). The molecule has 0 amide bonds. The fourth-order valence-electron chi connectivity index (χ4n) is 1.86. The third kappa shape index (κ3) is 4.89. The SMILES string of the molecule is CCCCN(CC(F)(F)F)S(=O)(=O)c1ccc(C)cc1N. The molecule has 8 heteroatoms. The maximum atomic E-state index is 12.6. The molecule has 0 aromatic heterocycles. The van der Waals surface area contributed by atoms with Crippen molar-refractivity contribution in [3.63, 3.8) is 0 Å². The summed E-state index contributed by atoms with van der Waals surface area (Å²) < 4.78 is 63.0. The van der Waals surface area contributed by atoms with Crippen LogP contribution in [0.1, 0.15) is 25.3 Å². The lowest BCUT2D eigenvalue weighted by Gasteiger charge is -2.24. The standard InChI is InChI=1S/C13H19F3N2O2S/c1-3-4-7-18(9-13(14,15)16)21(19,20)12-6-5-10(2)8-11(12)17/h5-6,8H,3-4,7,9,17H2,1-2H3. The molecule has 120 valence electrons. The Hall–Kier alpha value is -1.28. The summed E-state index contributed by atoms with van der Waals surface area (Å²) in [7, 11) is -4.27. The minimum Gasteiger partial charge on any atom is -0.398 e. The van der Waals surface area contributed by atoms with E-state index in [1.165, 1.54) is 18.2 Å². The van der Waals surface area contributed by atoms with Gasteiger partial charge >= 0.3 is 6.18 Å². The average Bonchev–Trinajstić information content (AvgIpc) is 2.32. The minimum atomic E-state index is -4.60. The molecule has 0 aliphatic heterocycles. The number of benzene rings is 1. The number of hydrogen-bond acceptors (Lipinski definition) is 3. The summed E-state index contributed by atoms with van der Waals surface area (Å²) in [4.78, 5) is -0.284. The first kappa shape index (κ1) is 17.8. The second kappa shape index (κ2) is 6.65. The summed E-state index contributed by atoms with van der Waals surface area (Å²) in [5.41, 5.74) is 6.35. The fraction of sp³-hybridized carbons (Fsp3) is 0.538. The summed E-state index contributed by atoms with van der Waals surface area (Å²) >= 11 is 0. The predicted octanol–water partition coefficient (Wildman–Crippen LogP) is 2.93. The lowest BCUT2D eigenvalue weighted by Crippen LogP contribution is -2.39. The van der Waals surface area contributed by atoms with Crippen molar-refractivity contribution >= 4 is 15.7 Å². The molecular weight excluding hydrogens is 305 g/mol. The van der Waals surface area contributed by atoms with Crippen molar-refractivity contribution in [1.29, 1.82) is 0 Å². The smallest absolute Gasteiger partial charge is 0.398 e. The van der Waals surface area contributed by atoms with Crippen LogP contribution >= 0.6 is 0 Å². The van der Waals surface area contributed by atoms with Gasteiger partial charge in [-0.1, -0.05) is 19.4 Å². The van der Waals surface area contributed by atoms with Crippen molar-refractivity contribution in [2.45, 2.75) is 37.8 Å². The molecule has 0 aliphatic carbocycles. The Morgan fingerprint density at radius 1 is 1.29 bits per heavy atom. The molecule has 0 atom stereocenters. The average molecular weight is 324 g/mol. The van der Waals surface area contributed by atoms with Crippen LogP contribution in [0.25, 0.3) is 0 Å². The van der Waals surface area contributed by atoms with Gasteiger partial charge in [0.1, 0.15) is 11.4 Å². The molecule has 1 aromatic rings. The molecule has 0 bridgehead atoms. The van der Waals surface area contributed by atoms with E-state index in [0.29, 0.717) is 17.1 Å². The van der Waals surface area contributed by atoms with E-state index in [1.807, 2.05) is 0 Å². The highest BCUT2D eigenvalue weighted by atomic mass is 32.2. The number of nitrogen functional groups attached to an aromatic ring is 1. The molecule has 21 heavy (non-hydrogen) atoms. The van der Waals surface area contributed by atoms with Crippen molar-refractivity contribution in [3.05, 3.63) is 23.8 Å². The van der Waals surface area contributed by atoms with Crippen molar-refractivity contribution in [2.75, 3.05) is 18.8 Å². The summed E-state index contributed by atoms with van der Waals surface area (Å²) in [5, 5.41) is 0. The molecule has 0 saturated carbocycles. The van der Waals surface area contributed by atoms with Gasteiger partial charge in [-0.2, -0.15) is 17.5 Å². The number of anilines is 1. The molecular formula is C13H19F3N2O2S. The Morgan fingerprint density at radius 3 is 2.38 bits per heavy atom. The molecule has 2 N–H and O–H groups in total. The Kier molecular flexibility index (Phi) is 5.63.